The maximum Gasteiger partial charge on any atom is 0.404 e. The van der Waals surface area contributed by atoms with E-state index in [0.717, 1.165) is 17.3 Å². The van der Waals surface area contributed by atoms with Gasteiger partial charge < -0.3 is 15.3 Å². The van der Waals surface area contributed by atoms with Crippen LogP contribution in [-0.2, 0) is 17.6 Å². The lowest BCUT2D eigenvalue weighted by Gasteiger charge is -2.28. The molecule has 1 aliphatic rings. The number of carboxylic acid groups (broad SMARTS) is 1. The van der Waals surface area contributed by atoms with Crippen LogP contribution in [0.25, 0.3) is 0 Å². The smallest absolute Gasteiger partial charge is 0.404 e. The zero-order valence-corrected chi connectivity index (χ0v) is 13.7. The zero-order valence-electron chi connectivity index (χ0n) is 11.3. The van der Waals surface area contributed by atoms with E-state index in [4.69, 9.17) is 16.7 Å². The quantitative estimate of drug-likeness (QED) is 0.776. The van der Waals surface area contributed by atoms with Crippen LogP contribution in [0.5, 0.6) is 0 Å². The number of fused-ring (bicyclic) bond motifs is 1. The number of amides is 2. The molecule has 0 radical (unpaired) electrons. The Morgan fingerprint density at radius 3 is 2.76 bits per heavy atom. The monoisotopic (exact) mass is 374 g/mol. The van der Waals surface area contributed by atoms with E-state index < -0.39 is 6.09 Å². The van der Waals surface area contributed by atoms with Crippen molar-refractivity contribution >= 4 is 39.5 Å². The zero-order chi connectivity index (χ0) is 15.4. The van der Waals surface area contributed by atoms with Crippen molar-refractivity contribution < 1.29 is 14.7 Å². The Morgan fingerprint density at radius 2 is 2.10 bits per heavy atom. The molecule has 0 bridgehead atoms. The number of hydrogen-bond donors (Lipinski definition) is 2. The minimum atomic E-state index is -1.09. The molecule has 114 valence electrons. The summed E-state index contributed by atoms with van der Waals surface area (Å²) in [6.07, 6.45) is 0.454. The number of nitrogens with one attached hydrogen (secondary N) is 1. The Hall–Kier alpha value is -1.27. The predicted octanol–water partition coefficient (Wildman–Crippen LogP) is 2.25. The van der Waals surface area contributed by atoms with Gasteiger partial charge in [0.1, 0.15) is 5.88 Å². The van der Waals surface area contributed by atoms with Crippen molar-refractivity contribution in [3.63, 3.8) is 0 Å². The van der Waals surface area contributed by atoms with E-state index in [1.165, 1.54) is 11.1 Å². The number of rotatable bonds is 5. The van der Waals surface area contributed by atoms with Gasteiger partial charge in [0.05, 0.1) is 0 Å². The van der Waals surface area contributed by atoms with E-state index in [0.29, 0.717) is 6.54 Å². The van der Waals surface area contributed by atoms with Gasteiger partial charge in [0.2, 0.25) is 5.91 Å². The number of carbonyl (C=O) groups is 2. The minimum absolute atomic E-state index is 0.0381. The van der Waals surface area contributed by atoms with Gasteiger partial charge in [-0.15, -0.1) is 11.6 Å². The van der Waals surface area contributed by atoms with E-state index in [2.05, 4.69) is 33.4 Å². The van der Waals surface area contributed by atoms with E-state index in [1.807, 2.05) is 6.07 Å². The van der Waals surface area contributed by atoms with E-state index in [9.17, 15) is 9.59 Å². The number of alkyl halides is 1. The first-order valence-corrected chi connectivity index (χ1v) is 7.93. The third-order valence-corrected chi connectivity index (χ3v) is 4.31. The number of hydrogen-bond acceptors (Lipinski definition) is 2. The molecule has 2 N–H and O–H groups in total. The summed E-state index contributed by atoms with van der Waals surface area (Å²) in [5.74, 6) is -0.260. The summed E-state index contributed by atoms with van der Waals surface area (Å²) in [5, 5.41) is 10.9. The van der Waals surface area contributed by atoms with Gasteiger partial charge in [-0.25, -0.2) is 4.79 Å². The summed E-state index contributed by atoms with van der Waals surface area (Å²) in [6.45, 7) is 0.534. The molecule has 0 aliphatic heterocycles. The molecule has 1 unspecified atom stereocenters. The van der Waals surface area contributed by atoms with Crippen LogP contribution < -0.4 is 5.32 Å². The third kappa shape index (κ3) is 4.11. The minimum Gasteiger partial charge on any atom is -0.465 e. The molecule has 0 aromatic heterocycles. The van der Waals surface area contributed by atoms with Crippen LogP contribution in [0.4, 0.5) is 4.79 Å². The second-order valence-electron chi connectivity index (χ2n) is 4.93. The second-order valence-corrected chi connectivity index (χ2v) is 6.11. The fourth-order valence-corrected chi connectivity index (χ4v) is 3.22. The fraction of sp³-hybridized carbons (Fsp3) is 0.429. The molecule has 0 saturated heterocycles. The topological polar surface area (TPSA) is 69.6 Å². The standard InChI is InChI=1S/C14H16BrClN2O3/c15-11-2-1-9-6-12(7-10(9)5-11)18(13(19)8-16)4-3-17-14(20)21/h1-2,5,12,17H,3-4,6-8H2,(H,20,21). The number of nitrogens with zero attached hydrogens (tertiary/aromatic N) is 1. The Balaban J connectivity index is 2.05. The highest BCUT2D eigenvalue weighted by atomic mass is 79.9. The normalized spacial score (nSPS) is 16.4. The maximum atomic E-state index is 12.0. The Labute approximate surface area is 136 Å². The van der Waals surface area contributed by atoms with Crippen LogP contribution >= 0.6 is 27.5 Å². The molecule has 7 heteroatoms. The molecule has 21 heavy (non-hydrogen) atoms. The molecule has 1 aliphatic carbocycles. The van der Waals surface area contributed by atoms with Crippen molar-refractivity contribution in [1.82, 2.24) is 10.2 Å². The van der Waals surface area contributed by atoms with Crippen molar-refractivity contribution in [3.05, 3.63) is 33.8 Å². The van der Waals surface area contributed by atoms with Crippen molar-refractivity contribution in [2.45, 2.75) is 18.9 Å². The van der Waals surface area contributed by atoms with Crippen LogP contribution in [0, 0.1) is 0 Å². The molecular formula is C14H16BrClN2O3. The molecule has 2 rings (SSSR count). The number of halogens is 2. The molecule has 0 fully saturated rings. The highest BCUT2D eigenvalue weighted by Crippen LogP contribution is 2.28. The first-order valence-electron chi connectivity index (χ1n) is 6.60. The first kappa shape index (κ1) is 16.1. The second kappa shape index (κ2) is 7.13. The van der Waals surface area contributed by atoms with Gasteiger partial charge in [0, 0.05) is 23.6 Å². The van der Waals surface area contributed by atoms with Crippen molar-refractivity contribution in [1.29, 1.82) is 0 Å². The first-order chi connectivity index (χ1) is 10.0. The van der Waals surface area contributed by atoms with Crippen LogP contribution in [-0.4, -0.2) is 47.0 Å². The summed E-state index contributed by atoms with van der Waals surface area (Å²) in [7, 11) is 0. The molecule has 2 amide bonds. The van der Waals surface area contributed by atoms with Crippen LogP contribution in [0.1, 0.15) is 11.1 Å². The number of benzene rings is 1. The SMILES string of the molecule is O=C(O)NCCN(C(=O)CCl)C1Cc2ccc(Br)cc2C1. The summed E-state index contributed by atoms with van der Waals surface area (Å²) in [5.41, 5.74) is 2.44. The lowest BCUT2D eigenvalue weighted by Crippen LogP contribution is -2.45. The summed E-state index contributed by atoms with van der Waals surface area (Å²) in [4.78, 5) is 24.2. The fourth-order valence-electron chi connectivity index (χ4n) is 2.65. The molecule has 1 aromatic carbocycles. The average molecular weight is 376 g/mol. The lowest BCUT2D eigenvalue weighted by molar-refractivity contribution is -0.130. The lowest BCUT2D eigenvalue weighted by atomic mass is 10.1. The predicted molar refractivity (Wildman–Crippen MR) is 83.8 cm³/mol. The van der Waals surface area contributed by atoms with E-state index in [1.54, 1.807) is 4.90 Å². The number of carbonyl (C=O) groups excluding carboxylic acids is 1. The molecule has 0 spiro atoms. The summed E-state index contributed by atoms with van der Waals surface area (Å²) < 4.78 is 1.02. The highest BCUT2D eigenvalue weighted by molar-refractivity contribution is 9.10. The molecular weight excluding hydrogens is 360 g/mol. The van der Waals surface area contributed by atoms with Crippen LogP contribution in [0.3, 0.4) is 0 Å². The van der Waals surface area contributed by atoms with E-state index >= 15 is 0 Å². The van der Waals surface area contributed by atoms with Crippen molar-refractivity contribution in [2.75, 3.05) is 19.0 Å². The van der Waals surface area contributed by atoms with Crippen molar-refractivity contribution in [2.24, 2.45) is 0 Å². The Bertz CT molecular complexity index is 553. The van der Waals surface area contributed by atoms with E-state index in [-0.39, 0.29) is 24.4 Å². The van der Waals surface area contributed by atoms with Gasteiger partial charge in [-0.2, -0.15) is 0 Å². The van der Waals surface area contributed by atoms with Gasteiger partial charge in [0.15, 0.2) is 0 Å². The average Bonchev–Trinajstić information content (AvgIpc) is 2.85. The third-order valence-electron chi connectivity index (χ3n) is 3.58. The summed E-state index contributed by atoms with van der Waals surface area (Å²) in [6, 6.07) is 6.14. The molecule has 1 atom stereocenters. The van der Waals surface area contributed by atoms with Gasteiger partial charge in [0.25, 0.3) is 0 Å². The van der Waals surface area contributed by atoms with Crippen LogP contribution in [0.2, 0.25) is 0 Å². The molecule has 5 nitrogen and oxygen atoms in total. The molecule has 1 aromatic rings. The van der Waals surface area contributed by atoms with Gasteiger partial charge in [-0.1, -0.05) is 22.0 Å². The van der Waals surface area contributed by atoms with Crippen molar-refractivity contribution in [3.8, 4) is 0 Å². The maximum absolute atomic E-state index is 12.0. The molecule has 0 saturated carbocycles. The Kier molecular flexibility index (Phi) is 5.47. The largest absolute Gasteiger partial charge is 0.465 e. The summed E-state index contributed by atoms with van der Waals surface area (Å²) >= 11 is 9.11. The highest BCUT2D eigenvalue weighted by Gasteiger charge is 2.29. The van der Waals surface area contributed by atoms with Gasteiger partial charge >= 0.3 is 6.09 Å². The molecule has 0 heterocycles. The van der Waals surface area contributed by atoms with Gasteiger partial charge in [-0.05, 0) is 36.1 Å². The van der Waals surface area contributed by atoms with Gasteiger partial charge in [-0.3, -0.25) is 4.79 Å². The Morgan fingerprint density at radius 1 is 1.38 bits per heavy atom. The van der Waals surface area contributed by atoms with Crippen LogP contribution in [0.15, 0.2) is 22.7 Å².